The van der Waals surface area contributed by atoms with Gasteiger partial charge in [-0.1, -0.05) is 30.3 Å². The molecule has 0 aliphatic carbocycles. The number of hydrogen-bond donors (Lipinski definition) is 0. The van der Waals surface area contributed by atoms with E-state index < -0.39 is 30.0 Å². The molecule has 0 N–H and O–H groups in total. The second-order valence-corrected chi connectivity index (χ2v) is 10.2. The monoisotopic (exact) mass is 435 g/mol. The molecule has 4 rings (SSSR count). The first-order chi connectivity index (χ1) is 14.8. The van der Waals surface area contributed by atoms with Crippen molar-refractivity contribution in [1.82, 2.24) is 14.5 Å². The molecule has 1 aromatic carbocycles. The van der Waals surface area contributed by atoms with E-state index in [2.05, 4.69) is 4.98 Å². The number of hydrogen-bond acceptors (Lipinski definition) is 6. The lowest BCUT2D eigenvalue weighted by molar-refractivity contribution is 0.00578. The Balaban J connectivity index is 1.98. The van der Waals surface area contributed by atoms with Crippen molar-refractivity contribution in [3.63, 3.8) is 0 Å². The van der Waals surface area contributed by atoms with Gasteiger partial charge in [-0.15, -0.1) is 0 Å². The van der Waals surface area contributed by atoms with E-state index in [0.717, 1.165) is 11.3 Å². The lowest BCUT2D eigenvalue weighted by Crippen LogP contribution is -2.41. The summed E-state index contributed by atoms with van der Waals surface area (Å²) in [6.07, 6.45) is 1.20. The van der Waals surface area contributed by atoms with E-state index in [1.807, 2.05) is 85.7 Å². The Bertz CT molecular complexity index is 1160. The summed E-state index contributed by atoms with van der Waals surface area (Å²) in [6, 6.07) is 9.84. The topological polar surface area (TPSA) is 75.5 Å². The molecule has 32 heavy (non-hydrogen) atoms. The number of aryl methyl sites for hydroxylation is 1. The molecule has 0 amide bonds. The molecule has 1 fully saturated rings. The fraction of sp³-hybridized carbons (Fsp3) is 0.458. The highest BCUT2D eigenvalue weighted by Crippen LogP contribution is 2.38. The number of rotatable bonds is 2. The summed E-state index contributed by atoms with van der Waals surface area (Å²) in [7, 11) is -0.681. The lowest BCUT2D eigenvalue weighted by Gasteiger charge is -2.32. The van der Waals surface area contributed by atoms with Crippen molar-refractivity contribution in [3.05, 3.63) is 42.4 Å². The number of benzene rings is 1. The van der Waals surface area contributed by atoms with Crippen molar-refractivity contribution in [2.75, 3.05) is 0 Å². The predicted molar refractivity (Wildman–Crippen MR) is 125 cm³/mol. The van der Waals surface area contributed by atoms with Crippen LogP contribution in [0.5, 0.6) is 0 Å². The number of ether oxygens (including phenoxy) is 1. The molecular weight excluding hydrogens is 405 g/mol. The average Bonchev–Trinajstić information content (AvgIpc) is 3.14. The largest absolute Gasteiger partial charge is 0.497 e. The molecule has 8 heteroatoms. The van der Waals surface area contributed by atoms with Crippen LogP contribution < -0.4 is 5.46 Å². The summed E-state index contributed by atoms with van der Waals surface area (Å²) in [5, 5.41) is 0.714. The van der Waals surface area contributed by atoms with Crippen LogP contribution in [0.1, 0.15) is 54.3 Å². The van der Waals surface area contributed by atoms with Gasteiger partial charge in [-0.2, -0.15) is 0 Å². The standard InChI is InChI=1S/C24H30BN3O4/c1-15-26-19(16-12-10-9-11-13-16)18-17(25-31-23(5,6)24(7,8)32-25)14-28(20(18)27-15)21(29)30-22(2,3)4/h9-14H,1-8H3. The highest BCUT2D eigenvalue weighted by Gasteiger charge is 2.53. The molecule has 7 nitrogen and oxygen atoms in total. The van der Waals surface area contributed by atoms with Crippen LogP contribution in [-0.4, -0.2) is 44.5 Å². The fourth-order valence-electron chi connectivity index (χ4n) is 3.67. The minimum atomic E-state index is -0.681. The number of fused-ring (bicyclic) bond motifs is 1. The van der Waals surface area contributed by atoms with Crippen LogP contribution in [0.2, 0.25) is 0 Å². The van der Waals surface area contributed by atoms with Crippen LogP contribution in [-0.2, 0) is 14.0 Å². The Hall–Kier alpha value is -2.71. The van der Waals surface area contributed by atoms with Crippen LogP contribution in [0, 0.1) is 6.92 Å². The quantitative estimate of drug-likeness (QED) is 0.553. The Morgan fingerprint density at radius 1 is 1.03 bits per heavy atom. The number of aromatic nitrogens is 3. The normalized spacial score (nSPS) is 17.7. The van der Waals surface area contributed by atoms with Crippen molar-refractivity contribution in [2.24, 2.45) is 0 Å². The third kappa shape index (κ3) is 3.93. The fourth-order valence-corrected chi connectivity index (χ4v) is 3.67. The molecule has 0 unspecified atom stereocenters. The summed E-state index contributed by atoms with van der Waals surface area (Å²) < 4.78 is 19.7. The van der Waals surface area contributed by atoms with Gasteiger partial charge in [0.1, 0.15) is 11.4 Å². The molecule has 0 atom stereocenters. The molecule has 3 aromatic rings. The van der Waals surface area contributed by atoms with Crippen molar-refractivity contribution in [2.45, 2.75) is 72.2 Å². The molecule has 0 bridgehead atoms. The molecule has 0 saturated carbocycles. The minimum Gasteiger partial charge on any atom is -0.443 e. The van der Waals surface area contributed by atoms with E-state index in [4.69, 9.17) is 19.0 Å². The highest BCUT2D eigenvalue weighted by atomic mass is 16.7. The van der Waals surface area contributed by atoms with E-state index in [1.54, 1.807) is 6.20 Å². The first-order valence-corrected chi connectivity index (χ1v) is 10.8. The summed E-state index contributed by atoms with van der Waals surface area (Å²) in [6.45, 7) is 15.3. The molecule has 3 heterocycles. The van der Waals surface area contributed by atoms with Crippen LogP contribution in [0.3, 0.4) is 0 Å². The van der Waals surface area contributed by atoms with Crippen LogP contribution >= 0.6 is 0 Å². The van der Waals surface area contributed by atoms with E-state index in [-0.39, 0.29) is 0 Å². The van der Waals surface area contributed by atoms with Crippen molar-refractivity contribution in [3.8, 4) is 11.3 Å². The van der Waals surface area contributed by atoms with Crippen molar-refractivity contribution in [1.29, 1.82) is 0 Å². The second kappa shape index (κ2) is 7.42. The molecule has 0 spiro atoms. The smallest absolute Gasteiger partial charge is 0.443 e. The zero-order valence-corrected chi connectivity index (χ0v) is 20.0. The lowest BCUT2D eigenvalue weighted by atomic mass is 9.78. The van der Waals surface area contributed by atoms with Gasteiger partial charge in [-0.25, -0.2) is 19.3 Å². The molecule has 168 valence electrons. The first kappa shape index (κ1) is 22.5. The van der Waals surface area contributed by atoms with Gasteiger partial charge in [0.15, 0.2) is 5.65 Å². The minimum absolute atomic E-state index is 0.468. The van der Waals surface area contributed by atoms with Crippen LogP contribution in [0.4, 0.5) is 4.79 Å². The summed E-state index contributed by atoms with van der Waals surface area (Å²) in [4.78, 5) is 22.5. The van der Waals surface area contributed by atoms with Gasteiger partial charge in [0.2, 0.25) is 0 Å². The van der Waals surface area contributed by atoms with Gasteiger partial charge in [-0.3, -0.25) is 0 Å². The van der Waals surface area contributed by atoms with E-state index >= 15 is 0 Å². The summed E-state index contributed by atoms with van der Waals surface area (Å²) in [5.41, 5.74) is 1.09. The molecule has 1 saturated heterocycles. The third-order valence-electron chi connectivity index (χ3n) is 5.93. The maximum atomic E-state index is 13.1. The van der Waals surface area contributed by atoms with Gasteiger partial charge in [0.05, 0.1) is 16.9 Å². The number of nitrogens with zero attached hydrogens (tertiary/aromatic N) is 3. The Morgan fingerprint density at radius 3 is 2.19 bits per heavy atom. The molecule has 1 aliphatic heterocycles. The maximum Gasteiger partial charge on any atom is 0.497 e. The maximum absolute atomic E-state index is 13.1. The van der Waals surface area contributed by atoms with E-state index in [0.29, 0.717) is 22.3 Å². The first-order valence-electron chi connectivity index (χ1n) is 10.8. The summed E-state index contributed by atoms with van der Waals surface area (Å²) >= 11 is 0. The van der Waals surface area contributed by atoms with Gasteiger partial charge in [0, 0.05) is 22.6 Å². The van der Waals surface area contributed by atoms with E-state index in [1.165, 1.54) is 4.57 Å². The second-order valence-electron chi connectivity index (χ2n) is 10.2. The van der Waals surface area contributed by atoms with Crippen molar-refractivity contribution < 1.29 is 18.8 Å². The van der Waals surface area contributed by atoms with Gasteiger partial charge in [-0.05, 0) is 55.4 Å². The Labute approximate surface area is 189 Å². The van der Waals surface area contributed by atoms with Gasteiger partial charge >= 0.3 is 13.2 Å². The average molecular weight is 435 g/mol. The summed E-state index contributed by atoms with van der Waals surface area (Å²) in [5.74, 6) is 0.555. The molecular formula is C24H30BN3O4. The molecule has 0 radical (unpaired) electrons. The van der Waals surface area contributed by atoms with Gasteiger partial charge < -0.3 is 14.0 Å². The Morgan fingerprint density at radius 2 is 1.62 bits per heavy atom. The zero-order valence-electron chi connectivity index (χ0n) is 20.0. The number of carbonyl (C=O) groups is 1. The Kier molecular flexibility index (Phi) is 5.22. The number of carbonyl (C=O) groups excluding carboxylic acids is 1. The van der Waals surface area contributed by atoms with Crippen LogP contribution in [0.25, 0.3) is 22.3 Å². The molecule has 2 aromatic heterocycles. The molecule has 1 aliphatic rings. The zero-order chi connectivity index (χ0) is 23.5. The third-order valence-corrected chi connectivity index (χ3v) is 5.93. The van der Waals surface area contributed by atoms with Crippen LogP contribution in [0.15, 0.2) is 36.5 Å². The van der Waals surface area contributed by atoms with E-state index in [9.17, 15) is 4.79 Å². The SMILES string of the molecule is Cc1nc(-c2ccccc2)c2c(B3OC(C)(C)C(C)(C)O3)cn(C(=O)OC(C)(C)C)c2n1. The highest BCUT2D eigenvalue weighted by molar-refractivity contribution is 6.65. The van der Waals surface area contributed by atoms with Gasteiger partial charge in [0.25, 0.3) is 0 Å². The van der Waals surface area contributed by atoms with Crippen molar-refractivity contribution >= 4 is 29.7 Å². The predicted octanol–water partition coefficient (Wildman–Crippen LogP) is 4.49.